The molecule has 0 unspecified atom stereocenters. The van der Waals surface area contributed by atoms with E-state index in [0.717, 1.165) is 32.4 Å². The van der Waals surface area contributed by atoms with Gasteiger partial charge in [0.05, 0.1) is 27.9 Å². The molecule has 0 bridgehead atoms. The van der Waals surface area contributed by atoms with Gasteiger partial charge in [-0.3, -0.25) is 14.9 Å². The van der Waals surface area contributed by atoms with Crippen molar-refractivity contribution in [3.05, 3.63) is 64.2 Å². The lowest BCUT2D eigenvalue weighted by Gasteiger charge is -2.26. The monoisotopic (exact) mass is 432 g/mol. The highest BCUT2D eigenvalue weighted by Crippen LogP contribution is 2.31. The molecule has 32 heavy (non-hydrogen) atoms. The van der Waals surface area contributed by atoms with Crippen molar-refractivity contribution in [2.45, 2.75) is 26.2 Å². The highest BCUT2D eigenvalue weighted by atomic mass is 16.6. The minimum atomic E-state index is -0.464. The topological polar surface area (TPSA) is 120 Å². The van der Waals surface area contributed by atoms with Gasteiger partial charge in [0.1, 0.15) is 0 Å². The van der Waals surface area contributed by atoms with Crippen molar-refractivity contribution in [3.63, 3.8) is 0 Å². The number of aryl methyl sites for hydroxylation is 1. The van der Waals surface area contributed by atoms with Crippen molar-refractivity contribution in [2.24, 2.45) is 0 Å². The van der Waals surface area contributed by atoms with Crippen molar-refractivity contribution >= 4 is 17.1 Å². The Hall–Kier alpha value is -4.08. The van der Waals surface area contributed by atoms with Crippen molar-refractivity contribution in [1.29, 1.82) is 0 Å². The Labute approximate surface area is 182 Å². The number of piperidine rings is 1. The van der Waals surface area contributed by atoms with E-state index in [1.165, 1.54) is 12.1 Å². The van der Waals surface area contributed by atoms with Gasteiger partial charge < -0.3 is 9.42 Å². The van der Waals surface area contributed by atoms with E-state index in [0.29, 0.717) is 33.8 Å². The van der Waals surface area contributed by atoms with E-state index < -0.39 is 4.92 Å². The number of amides is 1. The zero-order chi connectivity index (χ0) is 22.2. The van der Waals surface area contributed by atoms with Crippen LogP contribution in [0.4, 0.5) is 5.69 Å². The Balaban J connectivity index is 1.62. The Morgan fingerprint density at radius 2 is 1.91 bits per heavy atom. The lowest BCUT2D eigenvalue weighted by atomic mass is 10.0. The third-order valence-corrected chi connectivity index (χ3v) is 5.63. The first-order valence-electron chi connectivity index (χ1n) is 10.4. The minimum Gasteiger partial charge on any atom is -0.339 e. The zero-order valence-corrected chi connectivity index (χ0v) is 17.4. The fourth-order valence-corrected chi connectivity index (χ4v) is 4.07. The van der Waals surface area contributed by atoms with Gasteiger partial charge in [0.2, 0.25) is 11.7 Å². The molecule has 1 fully saturated rings. The fraction of sp³-hybridized carbons (Fsp3) is 0.273. The minimum absolute atomic E-state index is 0.0427. The van der Waals surface area contributed by atoms with Gasteiger partial charge in [0.15, 0.2) is 0 Å². The molecule has 1 aromatic carbocycles. The molecule has 1 amide bonds. The van der Waals surface area contributed by atoms with Crippen LogP contribution in [-0.2, 0) is 0 Å². The average molecular weight is 432 g/mol. The maximum atomic E-state index is 13.1. The number of pyridine rings is 1. The second-order valence-electron chi connectivity index (χ2n) is 7.78. The Morgan fingerprint density at radius 1 is 1.12 bits per heavy atom. The summed E-state index contributed by atoms with van der Waals surface area (Å²) in [4.78, 5) is 30.2. The van der Waals surface area contributed by atoms with Gasteiger partial charge in [-0.25, -0.2) is 4.52 Å². The SMILES string of the molecule is Cc1nc(-c2cc(-c3cccc4c(C(=O)N5CCCCC5)cnn34)cc([N+](=O)[O-])c2)no1. The van der Waals surface area contributed by atoms with Crippen molar-refractivity contribution in [2.75, 3.05) is 13.1 Å². The summed E-state index contributed by atoms with van der Waals surface area (Å²) in [6, 6.07) is 10.1. The zero-order valence-electron chi connectivity index (χ0n) is 17.4. The van der Waals surface area contributed by atoms with E-state index in [4.69, 9.17) is 4.52 Å². The standard InChI is InChI=1S/C22H20N6O4/c1-14-24-21(25-32-14)16-10-15(11-17(12-16)28(30)31)19-6-5-7-20-18(13-23-27(19)20)22(29)26-8-3-2-4-9-26/h5-7,10-13H,2-4,8-9H2,1H3. The summed E-state index contributed by atoms with van der Waals surface area (Å²) in [7, 11) is 0. The summed E-state index contributed by atoms with van der Waals surface area (Å²) in [5, 5.41) is 19.9. The maximum Gasteiger partial charge on any atom is 0.270 e. The van der Waals surface area contributed by atoms with E-state index >= 15 is 0 Å². The first-order chi connectivity index (χ1) is 15.5. The van der Waals surface area contributed by atoms with E-state index in [1.807, 2.05) is 17.0 Å². The lowest BCUT2D eigenvalue weighted by molar-refractivity contribution is -0.384. The van der Waals surface area contributed by atoms with E-state index in [1.54, 1.807) is 29.8 Å². The molecule has 0 saturated carbocycles. The number of aromatic nitrogens is 4. The quantitative estimate of drug-likeness (QED) is 0.354. The molecule has 3 aromatic heterocycles. The van der Waals surface area contributed by atoms with Crippen LogP contribution in [0.25, 0.3) is 28.2 Å². The molecule has 0 atom stereocenters. The van der Waals surface area contributed by atoms with Crippen LogP contribution < -0.4 is 0 Å². The summed E-state index contributed by atoms with van der Waals surface area (Å²) >= 11 is 0. The molecule has 1 saturated heterocycles. The molecule has 4 heterocycles. The number of benzene rings is 1. The number of likely N-dealkylation sites (tertiary alicyclic amines) is 1. The lowest BCUT2D eigenvalue weighted by Crippen LogP contribution is -2.35. The molecule has 10 nitrogen and oxygen atoms in total. The highest BCUT2D eigenvalue weighted by Gasteiger charge is 2.23. The van der Waals surface area contributed by atoms with Crippen LogP contribution in [-0.4, -0.2) is 48.6 Å². The van der Waals surface area contributed by atoms with Crippen molar-refractivity contribution in [1.82, 2.24) is 24.7 Å². The molecule has 10 heteroatoms. The first-order valence-corrected chi connectivity index (χ1v) is 10.4. The summed E-state index contributed by atoms with van der Waals surface area (Å²) in [6.45, 7) is 3.14. The summed E-state index contributed by atoms with van der Waals surface area (Å²) < 4.78 is 6.67. The smallest absolute Gasteiger partial charge is 0.270 e. The predicted octanol–water partition coefficient (Wildman–Crippen LogP) is 3.89. The molecule has 0 aliphatic carbocycles. The second-order valence-corrected chi connectivity index (χ2v) is 7.78. The average Bonchev–Trinajstić information content (AvgIpc) is 3.45. The van der Waals surface area contributed by atoms with Gasteiger partial charge >= 0.3 is 0 Å². The Morgan fingerprint density at radius 3 is 2.62 bits per heavy atom. The van der Waals surface area contributed by atoms with Gasteiger partial charge in [-0.1, -0.05) is 11.2 Å². The van der Waals surface area contributed by atoms with Crippen LogP contribution in [0.3, 0.4) is 0 Å². The van der Waals surface area contributed by atoms with E-state index in [9.17, 15) is 14.9 Å². The van der Waals surface area contributed by atoms with Crippen molar-refractivity contribution < 1.29 is 14.2 Å². The predicted molar refractivity (Wildman–Crippen MR) is 115 cm³/mol. The maximum absolute atomic E-state index is 13.1. The molecule has 0 N–H and O–H groups in total. The molecular formula is C22H20N6O4. The second kappa shape index (κ2) is 7.88. The summed E-state index contributed by atoms with van der Waals surface area (Å²) in [5.41, 5.74) is 2.70. The van der Waals surface area contributed by atoms with Crippen LogP contribution in [0.1, 0.15) is 35.5 Å². The molecule has 162 valence electrons. The molecule has 4 aromatic rings. The number of nitrogens with zero attached hydrogens (tertiary/aromatic N) is 6. The van der Waals surface area contributed by atoms with Gasteiger partial charge in [-0.15, -0.1) is 0 Å². The third-order valence-electron chi connectivity index (χ3n) is 5.63. The fourth-order valence-electron chi connectivity index (χ4n) is 4.07. The van der Waals surface area contributed by atoms with Crippen molar-refractivity contribution in [3.8, 4) is 22.6 Å². The first kappa shape index (κ1) is 19.9. The number of rotatable bonds is 4. The normalized spacial score (nSPS) is 14.1. The molecule has 0 spiro atoms. The van der Waals surface area contributed by atoms with E-state index in [-0.39, 0.29) is 17.4 Å². The van der Waals surface area contributed by atoms with Crippen LogP contribution >= 0.6 is 0 Å². The number of fused-ring (bicyclic) bond motifs is 1. The number of hydrogen-bond acceptors (Lipinski definition) is 7. The number of nitro groups is 1. The van der Waals surface area contributed by atoms with Gasteiger partial charge in [-0.2, -0.15) is 10.1 Å². The molecule has 5 rings (SSSR count). The van der Waals surface area contributed by atoms with Gasteiger partial charge in [-0.05, 0) is 37.5 Å². The molecular weight excluding hydrogens is 412 g/mol. The van der Waals surface area contributed by atoms with Crippen LogP contribution in [0.2, 0.25) is 0 Å². The number of hydrogen-bond donors (Lipinski definition) is 0. The number of carbonyl (C=O) groups excluding carboxylic acids is 1. The van der Waals surface area contributed by atoms with Crippen LogP contribution in [0.5, 0.6) is 0 Å². The number of carbonyl (C=O) groups is 1. The number of non-ortho nitro benzene ring substituents is 1. The van der Waals surface area contributed by atoms with Crippen LogP contribution in [0, 0.1) is 17.0 Å². The molecule has 0 radical (unpaired) electrons. The molecule has 1 aliphatic heterocycles. The highest BCUT2D eigenvalue weighted by molar-refractivity contribution is 6.01. The van der Waals surface area contributed by atoms with Gasteiger partial charge in [0, 0.05) is 43.3 Å². The van der Waals surface area contributed by atoms with Crippen LogP contribution in [0.15, 0.2) is 47.1 Å². The largest absolute Gasteiger partial charge is 0.339 e. The number of nitro benzene ring substituents is 1. The Kier molecular flexibility index (Phi) is 4.89. The van der Waals surface area contributed by atoms with Gasteiger partial charge in [0.25, 0.3) is 11.6 Å². The van der Waals surface area contributed by atoms with E-state index in [2.05, 4.69) is 15.2 Å². The third kappa shape index (κ3) is 3.49. The summed E-state index contributed by atoms with van der Waals surface area (Å²) in [5.74, 6) is 0.586. The molecule has 1 aliphatic rings. The Bertz CT molecular complexity index is 1340. The summed E-state index contributed by atoms with van der Waals surface area (Å²) in [6.07, 6.45) is 4.71.